The minimum atomic E-state index is -0.466. The van der Waals surface area contributed by atoms with Crippen LogP contribution in [0.5, 0.6) is 5.75 Å². The zero-order valence-electron chi connectivity index (χ0n) is 18.9. The molecule has 4 rings (SSSR count). The Hall–Kier alpha value is -2.41. The lowest BCUT2D eigenvalue weighted by Crippen LogP contribution is -2.38. The SMILES string of the molecule is COc1ccc(C2CC2NCC2CCN(CCCc3ccc(C(=O)NO)cc3)CC2)cc1. The highest BCUT2D eigenvalue weighted by Crippen LogP contribution is 2.41. The number of rotatable bonds is 10. The van der Waals surface area contributed by atoms with Crippen LogP contribution in [0.2, 0.25) is 0 Å². The van der Waals surface area contributed by atoms with Crippen molar-refractivity contribution >= 4 is 5.91 Å². The molecule has 1 amide bonds. The summed E-state index contributed by atoms with van der Waals surface area (Å²) in [6, 6.07) is 16.6. The lowest BCUT2D eigenvalue weighted by Gasteiger charge is -2.32. The number of hydroxylamine groups is 1. The van der Waals surface area contributed by atoms with Crippen molar-refractivity contribution in [3.63, 3.8) is 0 Å². The van der Waals surface area contributed by atoms with Gasteiger partial charge in [0.2, 0.25) is 0 Å². The molecule has 1 heterocycles. The summed E-state index contributed by atoms with van der Waals surface area (Å²) in [5.41, 5.74) is 4.80. The van der Waals surface area contributed by atoms with Crippen molar-refractivity contribution in [1.82, 2.24) is 15.7 Å². The molecule has 0 bridgehead atoms. The number of hydrogen-bond donors (Lipinski definition) is 3. The van der Waals surface area contributed by atoms with Gasteiger partial charge in [0.25, 0.3) is 5.91 Å². The number of carbonyl (C=O) groups is 1. The normalized spacial score (nSPS) is 21.3. The van der Waals surface area contributed by atoms with Crippen LogP contribution >= 0.6 is 0 Å². The van der Waals surface area contributed by atoms with E-state index in [2.05, 4.69) is 34.5 Å². The van der Waals surface area contributed by atoms with E-state index in [4.69, 9.17) is 9.94 Å². The third kappa shape index (κ3) is 6.09. The molecule has 6 nitrogen and oxygen atoms in total. The number of methoxy groups -OCH3 is 1. The first-order chi connectivity index (χ1) is 15.7. The van der Waals surface area contributed by atoms with Crippen LogP contribution in [0.1, 0.15) is 53.1 Å². The van der Waals surface area contributed by atoms with Gasteiger partial charge in [0.05, 0.1) is 7.11 Å². The van der Waals surface area contributed by atoms with Crippen LogP contribution < -0.4 is 15.5 Å². The van der Waals surface area contributed by atoms with Crippen molar-refractivity contribution in [1.29, 1.82) is 0 Å². The van der Waals surface area contributed by atoms with E-state index in [0.717, 1.165) is 37.6 Å². The Morgan fingerprint density at radius 1 is 1.09 bits per heavy atom. The molecular formula is C26H35N3O3. The lowest BCUT2D eigenvalue weighted by atomic mass is 9.96. The molecule has 172 valence electrons. The number of carbonyl (C=O) groups excluding carboxylic acids is 1. The van der Waals surface area contributed by atoms with Gasteiger partial charge in [-0.15, -0.1) is 0 Å². The maximum Gasteiger partial charge on any atom is 0.274 e. The van der Waals surface area contributed by atoms with E-state index < -0.39 is 5.91 Å². The smallest absolute Gasteiger partial charge is 0.274 e. The molecule has 32 heavy (non-hydrogen) atoms. The second kappa shape index (κ2) is 10.9. The zero-order valence-corrected chi connectivity index (χ0v) is 18.9. The largest absolute Gasteiger partial charge is 0.497 e. The summed E-state index contributed by atoms with van der Waals surface area (Å²) in [4.78, 5) is 14.0. The quantitative estimate of drug-likeness (QED) is 0.391. The highest BCUT2D eigenvalue weighted by atomic mass is 16.5. The minimum absolute atomic E-state index is 0.466. The molecule has 3 N–H and O–H groups in total. The van der Waals surface area contributed by atoms with Gasteiger partial charge in [0.15, 0.2) is 0 Å². The maximum absolute atomic E-state index is 11.4. The summed E-state index contributed by atoms with van der Waals surface area (Å²) in [7, 11) is 1.71. The third-order valence-corrected chi connectivity index (χ3v) is 6.97. The average molecular weight is 438 g/mol. The van der Waals surface area contributed by atoms with E-state index in [1.54, 1.807) is 24.7 Å². The zero-order chi connectivity index (χ0) is 22.3. The van der Waals surface area contributed by atoms with Crippen LogP contribution in [0.4, 0.5) is 0 Å². The Labute approximate surface area is 190 Å². The number of likely N-dealkylation sites (tertiary alicyclic amines) is 1. The second-order valence-corrected chi connectivity index (χ2v) is 9.16. The summed E-state index contributed by atoms with van der Waals surface area (Å²) in [6.07, 6.45) is 5.93. The van der Waals surface area contributed by atoms with E-state index in [1.165, 1.54) is 43.5 Å². The molecule has 1 aliphatic carbocycles. The number of ether oxygens (including phenoxy) is 1. The van der Waals surface area contributed by atoms with Crippen molar-refractivity contribution in [2.45, 2.75) is 44.1 Å². The molecule has 2 aromatic rings. The predicted octanol–water partition coefficient (Wildman–Crippen LogP) is 3.60. The van der Waals surface area contributed by atoms with Gasteiger partial charge < -0.3 is 15.0 Å². The molecule has 1 aliphatic heterocycles. The first-order valence-corrected chi connectivity index (χ1v) is 11.8. The molecule has 1 saturated heterocycles. The Morgan fingerprint density at radius 3 is 2.47 bits per heavy atom. The fourth-order valence-corrected chi connectivity index (χ4v) is 4.77. The number of piperidine rings is 1. The minimum Gasteiger partial charge on any atom is -0.497 e. The van der Waals surface area contributed by atoms with Gasteiger partial charge in [0.1, 0.15) is 5.75 Å². The predicted molar refractivity (Wildman–Crippen MR) is 125 cm³/mol. The van der Waals surface area contributed by atoms with Crippen molar-refractivity contribution in [3.05, 3.63) is 65.2 Å². The second-order valence-electron chi connectivity index (χ2n) is 9.16. The van der Waals surface area contributed by atoms with Gasteiger partial charge in [-0.1, -0.05) is 24.3 Å². The standard InChI is InChI=1S/C26H35N3O3/c1-32-23-10-8-21(9-11-23)24-17-25(24)27-18-20-12-15-29(16-13-20)14-2-3-19-4-6-22(7-5-19)26(30)28-31/h4-11,20,24-25,27,31H,2-3,12-18H2,1H3,(H,28,30). The lowest BCUT2D eigenvalue weighted by molar-refractivity contribution is 0.0706. The van der Waals surface area contributed by atoms with Gasteiger partial charge in [-0.2, -0.15) is 0 Å². The highest BCUT2D eigenvalue weighted by molar-refractivity contribution is 5.93. The molecule has 0 radical (unpaired) electrons. The van der Waals surface area contributed by atoms with E-state index in [-0.39, 0.29) is 0 Å². The first kappa shape index (κ1) is 22.8. The van der Waals surface area contributed by atoms with Gasteiger partial charge in [-0.05, 0) is 99.6 Å². The van der Waals surface area contributed by atoms with Crippen LogP contribution in [0.25, 0.3) is 0 Å². The van der Waals surface area contributed by atoms with Crippen LogP contribution in [-0.2, 0) is 6.42 Å². The van der Waals surface area contributed by atoms with Crippen molar-refractivity contribution < 1.29 is 14.7 Å². The number of amides is 1. The molecule has 6 heteroatoms. The monoisotopic (exact) mass is 437 g/mol. The van der Waals surface area contributed by atoms with E-state index in [0.29, 0.717) is 17.5 Å². The number of hydrogen-bond acceptors (Lipinski definition) is 5. The Kier molecular flexibility index (Phi) is 7.79. The summed E-state index contributed by atoms with van der Waals surface area (Å²) in [5.74, 6) is 1.91. The molecule has 2 aromatic carbocycles. The van der Waals surface area contributed by atoms with Gasteiger partial charge in [0, 0.05) is 17.5 Å². The molecule has 1 saturated carbocycles. The van der Waals surface area contributed by atoms with Crippen molar-refractivity contribution in [3.8, 4) is 5.75 Å². The number of aryl methyl sites for hydroxylation is 1. The van der Waals surface area contributed by atoms with E-state index in [9.17, 15) is 4.79 Å². The molecule has 2 atom stereocenters. The number of nitrogens with one attached hydrogen (secondary N) is 2. The van der Waals surface area contributed by atoms with Crippen LogP contribution in [0.15, 0.2) is 48.5 Å². The van der Waals surface area contributed by atoms with Crippen molar-refractivity contribution in [2.75, 3.05) is 33.3 Å². The fourth-order valence-electron chi connectivity index (χ4n) is 4.77. The number of nitrogens with zero attached hydrogens (tertiary/aromatic N) is 1. The Balaban J connectivity index is 1.09. The third-order valence-electron chi connectivity index (χ3n) is 6.97. The van der Waals surface area contributed by atoms with Gasteiger partial charge >= 0.3 is 0 Å². The summed E-state index contributed by atoms with van der Waals surface area (Å²) in [6.45, 7) is 4.64. The Morgan fingerprint density at radius 2 is 1.81 bits per heavy atom. The van der Waals surface area contributed by atoms with E-state index in [1.807, 2.05) is 12.1 Å². The summed E-state index contributed by atoms with van der Waals surface area (Å²) < 4.78 is 5.25. The molecule has 0 aromatic heterocycles. The summed E-state index contributed by atoms with van der Waals surface area (Å²) >= 11 is 0. The summed E-state index contributed by atoms with van der Waals surface area (Å²) in [5, 5.41) is 12.5. The Bertz CT molecular complexity index is 861. The molecule has 2 aliphatic rings. The van der Waals surface area contributed by atoms with Crippen LogP contribution in [-0.4, -0.2) is 55.3 Å². The van der Waals surface area contributed by atoms with Crippen LogP contribution in [0.3, 0.4) is 0 Å². The van der Waals surface area contributed by atoms with Gasteiger partial charge in [-0.3, -0.25) is 10.0 Å². The highest BCUT2D eigenvalue weighted by Gasteiger charge is 2.38. The molecule has 2 unspecified atom stereocenters. The van der Waals surface area contributed by atoms with Crippen molar-refractivity contribution in [2.24, 2.45) is 5.92 Å². The molecular weight excluding hydrogens is 402 g/mol. The number of benzene rings is 2. The molecule has 2 fully saturated rings. The average Bonchev–Trinajstić information content (AvgIpc) is 3.63. The first-order valence-electron chi connectivity index (χ1n) is 11.8. The topological polar surface area (TPSA) is 73.8 Å². The fraction of sp³-hybridized carbons (Fsp3) is 0.500. The van der Waals surface area contributed by atoms with E-state index >= 15 is 0 Å². The van der Waals surface area contributed by atoms with Gasteiger partial charge in [-0.25, -0.2) is 5.48 Å². The van der Waals surface area contributed by atoms with Crippen LogP contribution in [0, 0.1) is 5.92 Å². The molecule has 0 spiro atoms. The maximum atomic E-state index is 11.4.